The summed E-state index contributed by atoms with van der Waals surface area (Å²) in [7, 11) is 2.07. The molecule has 0 radical (unpaired) electrons. The van der Waals surface area contributed by atoms with Crippen molar-refractivity contribution in [3.63, 3.8) is 0 Å². The third kappa shape index (κ3) is 4.45. The minimum atomic E-state index is 0.493. The minimum absolute atomic E-state index is 0.493. The Labute approximate surface area is 113 Å². The topological polar surface area (TPSA) is 12.0 Å². The summed E-state index contributed by atoms with van der Waals surface area (Å²) in [4.78, 5) is 0. The first-order valence-electron chi connectivity index (χ1n) is 7.35. The normalized spacial score (nSPS) is 14.8. The van der Waals surface area contributed by atoms with E-state index in [1.165, 1.54) is 30.4 Å². The zero-order valence-corrected chi connectivity index (χ0v) is 12.7. The van der Waals surface area contributed by atoms with Crippen LogP contribution in [0, 0.1) is 5.92 Å². The Morgan fingerprint density at radius 3 is 2.00 bits per heavy atom. The first kappa shape index (κ1) is 15.2. The molecule has 0 saturated heterocycles. The standard InChI is InChI=1S/C17H29N/c1-6-7-14(4)12-17(18-5)16-10-8-15(9-11-16)13(2)3/h8-11,13-14,17-18H,6-7,12H2,1-5H3. The van der Waals surface area contributed by atoms with Gasteiger partial charge in [0.1, 0.15) is 0 Å². The Balaban J connectivity index is 2.70. The summed E-state index contributed by atoms with van der Waals surface area (Å²) < 4.78 is 0. The predicted molar refractivity (Wildman–Crippen MR) is 81.0 cm³/mol. The lowest BCUT2D eigenvalue weighted by Crippen LogP contribution is -2.19. The molecule has 1 aromatic rings. The summed E-state index contributed by atoms with van der Waals surface area (Å²) in [5.41, 5.74) is 2.85. The minimum Gasteiger partial charge on any atom is -0.313 e. The van der Waals surface area contributed by atoms with Crippen molar-refractivity contribution in [1.82, 2.24) is 5.32 Å². The second-order valence-corrected chi connectivity index (χ2v) is 5.79. The van der Waals surface area contributed by atoms with Gasteiger partial charge in [0.25, 0.3) is 0 Å². The molecule has 1 N–H and O–H groups in total. The summed E-state index contributed by atoms with van der Waals surface area (Å²) in [5, 5.41) is 3.46. The van der Waals surface area contributed by atoms with Crippen LogP contribution in [0.1, 0.15) is 70.0 Å². The lowest BCUT2D eigenvalue weighted by atomic mass is 9.92. The first-order valence-corrected chi connectivity index (χ1v) is 7.35. The van der Waals surface area contributed by atoms with Crippen LogP contribution in [0.15, 0.2) is 24.3 Å². The van der Waals surface area contributed by atoms with Gasteiger partial charge in [-0.05, 0) is 36.4 Å². The molecule has 0 saturated carbocycles. The van der Waals surface area contributed by atoms with Gasteiger partial charge in [0, 0.05) is 6.04 Å². The maximum absolute atomic E-state index is 3.46. The SMILES string of the molecule is CCCC(C)CC(NC)c1ccc(C(C)C)cc1. The van der Waals surface area contributed by atoms with E-state index in [4.69, 9.17) is 0 Å². The zero-order valence-electron chi connectivity index (χ0n) is 12.7. The summed E-state index contributed by atoms with van der Waals surface area (Å²) >= 11 is 0. The maximum atomic E-state index is 3.46. The van der Waals surface area contributed by atoms with Gasteiger partial charge in [0.2, 0.25) is 0 Å². The largest absolute Gasteiger partial charge is 0.313 e. The Bertz CT molecular complexity index is 326. The monoisotopic (exact) mass is 247 g/mol. The van der Waals surface area contributed by atoms with E-state index in [1.54, 1.807) is 0 Å². The van der Waals surface area contributed by atoms with E-state index in [0.717, 1.165) is 5.92 Å². The Morgan fingerprint density at radius 2 is 1.56 bits per heavy atom. The molecule has 18 heavy (non-hydrogen) atoms. The molecule has 102 valence electrons. The average Bonchev–Trinajstić information content (AvgIpc) is 2.36. The number of hydrogen-bond acceptors (Lipinski definition) is 1. The quantitative estimate of drug-likeness (QED) is 0.723. The van der Waals surface area contributed by atoms with E-state index in [-0.39, 0.29) is 0 Å². The van der Waals surface area contributed by atoms with E-state index < -0.39 is 0 Å². The number of benzene rings is 1. The van der Waals surface area contributed by atoms with Crippen LogP contribution in [0.5, 0.6) is 0 Å². The van der Waals surface area contributed by atoms with Crippen LogP contribution < -0.4 is 5.32 Å². The lowest BCUT2D eigenvalue weighted by molar-refractivity contribution is 0.407. The molecule has 2 unspecified atom stereocenters. The number of hydrogen-bond donors (Lipinski definition) is 1. The van der Waals surface area contributed by atoms with Gasteiger partial charge >= 0.3 is 0 Å². The molecule has 0 aromatic heterocycles. The second kappa shape index (κ2) is 7.58. The predicted octanol–water partition coefficient (Wildman–Crippen LogP) is 4.90. The van der Waals surface area contributed by atoms with Crippen LogP contribution >= 0.6 is 0 Å². The highest BCUT2D eigenvalue weighted by Gasteiger charge is 2.13. The molecule has 0 spiro atoms. The third-order valence-electron chi connectivity index (χ3n) is 3.77. The summed E-state index contributed by atoms with van der Waals surface area (Å²) in [6.45, 7) is 9.11. The summed E-state index contributed by atoms with van der Waals surface area (Å²) in [5.74, 6) is 1.41. The Kier molecular flexibility index (Phi) is 6.42. The highest BCUT2D eigenvalue weighted by atomic mass is 14.9. The van der Waals surface area contributed by atoms with Gasteiger partial charge < -0.3 is 5.32 Å². The van der Waals surface area contributed by atoms with Crippen molar-refractivity contribution >= 4 is 0 Å². The maximum Gasteiger partial charge on any atom is 0.0320 e. The molecule has 0 aliphatic rings. The van der Waals surface area contributed by atoms with Crippen LogP contribution in [-0.4, -0.2) is 7.05 Å². The van der Waals surface area contributed by atoms with Crippen molar-refractivity contribution in [2.24, 2.45) is 5.92 Å². The van der Waals surface area contributed by atoms with Crippen molar-refractivity contribution in [2.45, 2.75) is 58.9 Å². The van der Waals surface area contributed by atoms with E-state index in [9.17, 15) is 0 Å². The van der Waals surface area contributed by atoms with Crippen molar-refractivity contribution in [2.75, 3.05) is 7.05 Å². The molecule has 1 rings (SSSR count). The molecule has 0 fully saturated rings. The number of nitrogens with one attached hydrogen (secondary N) is 1. The van der Waals surface area contributed by atoms with Gasteiger partial charge in [-0.2, -0.15) is 0 Å². The summed E-state index contributed by atoms with van der Waals surface area (Å²) in [6, 6.07) is 9.61. The van der Waals surface area contributed by atoms with Gasteiger partial charge in [-0.25, -0.2) is 0 Å². The molecular formula is C17H29N. The third-order valence-corrected chi connectivity index (χ3v) is 3.77. The second-order valence-electron chi connectivity index (χ2n) is 5.79. The zero-order chi connectivity index (χ0) is 13.5. The molecule has 0 amide bonds. The molecule has 0 aliphatic carbocycles. The molecule has 0 bridgehead atoms. The van der Waals surface area contributed by atoms with Gasteiger partial charge in [-0.3, -0.25) is 0 Å². The van der Waals surface area contributed by atoms with Crippen LogP contribution in [-0.2, 0) is 0 Å². The van der Waals surface area contributed by atoms with Crippen LogP contribution in [0.4, 0.5) is 0 Å². The molecule has 1 heteroatoms. The van der Waals surface area contributed by atoms with E-state index in [2.05, 4.69) is 64.3 Å². The van der Waals surface area contributed by atoms with Gasteiger partial charge in [-0.15, -0.1) is 0 Å². The van der Waals surface area contributed by atoms with Gasteiger partial charge in [-0.1, -0.05) is 64.8 Å². The van der Waals surface area contributed by atoms with Crippen LogP contribution in [0.3, 0.4) is 0 Å². The highest BCUT2D eigenvalue weighted by Crippen LogP contribution is 2.25. The Morgan fingerprint density at radius 1 is 1.00 bits per heavy atom. The molecule has 0 heterocycles. The van der Waals surface area contributed by atoms with E-state index in [0.29, 0.717) is 12.0 Å². The summed E-state index contributed by atoms with van der Waals surface area (Å²) in [6.07, 6.45) is 3.83. The molecule has 0 aliphatic heterocycles. The lowest BCUT2D eigenvalue weighted by Gasteiger charge is -2.21. The highest BCUT2D eigenvalue weighted by molar-refractivity contribution is 5.26. The Hall–Kier alpha value is -0.820. The molecular weight excluding hydrogens is 218 g/mol. The number of rotatable bonds is 7. The van der Waals surface area contributed by atoms with E-state index in [1.807, 2.05) is 0 Å². The van der Waals surface area contributed by atoms with Crippen molar-refractivity contribution < 1.29 is 0 Å². The van der Waals surface area contributed by atoms with Crippen LogP contribution in [0.25, 0.3) is 0 Å². The van der Waals surface area contributed by atoms with Crippen LogP contribution in [0.2, 0.25) is 0 Å². The fourth-order valence-electron chi connectivity index (χ4n) is 2.55. The molecule has 2 atom stereocenters. The van der Waals surface area contributed by atoms with Crippen molar-refractivity contribution in [3.05, 3.63) is 35.4 Å². The molecule has 1 nitrogen and oxygen atoms in total. The fourth-order valence-corrected chi connectivity index (χ4v) is 2.55. The van der Waals surface area contributed by atoms with Crippen molar-refractivity contribution in [1.29, 1.82) is 0 Å². The van der Waals surface area contributed by atoms with Gasteiger partial charge in [0.15, 0.2) is 0 Å². The van der Waals surface area contributed by atoms with E-state index >= 15 is 0 Å². The van der Waals surface area contributed by atoms with Gasteiger partial charge in [0.05, 0.1) is 0 Å². The molecule has 1 aromatic carbocycles. The first-order chi connectivity index (χ1) is 8.58. The smallest absolute Gasteiger partial charge is 0.0320 e. The van der Waals surface area contributed by atoms with Crippen molar-refractivity contribution in [3.8, 4) is 0 Å². The fraction of sp³-hybridized carbons (Fsp3) is 0.647. The average molecular weight is 247 g/mol.